The van der Waals surface area contributed by atoms with Crippen molar-refractivity contribution in [2.45, 2.75) is 0 Å². The molecule has 0 radical (unpaired) electrons. The fraction of sp³-hybridized carbons (Fsp3) is 0. The second-order valence-corrected chi connectivity index (χ2v) is 11.6. The van der Waals surface area contributed by atoms with E-state index in [1.807, 2.05) is 11.3 Å². The molecule has 0 N–H and O–H groups in total. The summed E-state index contributed by atoms with van der Waals surface area (Å²) >= 11 is 1.90. The van der Waals surface area contributed by atoms with Gasteiger partial charge in [0.15, 0.2) is 0 Å². The number of fused-ring (bicyclic) bond motifs is 4. The van der Waals surface area contributed by atoms with Crippen LogP contribution in [0.25, 0.3) is 85.5 Å². The first-order valence-electron chi connectivity index (χ1n) is 13.4. The minimum atomic E-state index is 1.26. The molecule has 1 heteroatoms. The molecule has 9 aromatic rings. The van der Waals surface area contributed by atoms with Crippen molar-refractivity contribution in [2.24, 2.45) is 0 Å². The third-order valence-electron chi connectivity index (χ3n) is 8.37. The molecule has 0 unspecified atom stereocenters. The van der Waals surface area contributed by atoms with Gasteiger partial charge in [-0.1, -0.05) is 97.1 Å². The zero-order chi connectivity index (χ0) is 25.5. The van der Waals surface area contributed by atoms with E-state index in [9.17, 15) is 0 Å². The second kappa shape index (κ2) is 7.89. The first kappa shape index (κ1) is 21.2. The maximum Gasteiger partial charge on any atom is 0.0361 e. The van der Waals surface area contributed by atoms with E-state index < -0.39 is 0 Å². The summed E-state index contributed by atoms with van der Waals surface area (Å²) in [5.41, 5.74) is 5.13. The van der Waals surface area contributed by atoms with Crippen LogP contribution in [-0.4, -0.2) is 0 Å². The molecule has 0 aliphatic rings. The van der Waals surface area contributed by atoms with E-state index in [0.29, 0.717) is 0 Å². The molecular formula is C38H22S. The molecule has 0 bridgehead atoms. The molecule has 0 aliphatic carbocycles. The molecule has 0 fully saturated rings. The Morgan fingerprint density at radius 2 is 0.897 bits per heavy atom. The lowest BCUT2D eigenvalue weighted by molar-refractivity contribution is 1.68. The Bertz CT molecular complexity index is 2390. The number of thiophene rings is 1. The normalized spacial score (nSPS) is 12.1. The van der Waals surface area contributed by atoms with Crippen molar-refractivity contribution in [1.29, 1.82) is 0 Å². The summed E-state index contributed by atoms with van der Waals surface area (Å²) in [7, 11) is 0. The highest BCUT2D eigenvalue weighted by Crippen LogP contribution is 2.45. The fourth-order valence-electron chi connectivity index (χ4n) is 6.58. The zero-order valence-corrected chi connectivity index (χ0v) is 21.9. The largest absolute Gasteiger partial charge is 0.135 e. The van der Waals surface area contributed by atoms with Gasteiger partial charge >= 0.3 is 0 Å². The molecule has 0 aliphatic heterocycles. The van der Waals surface area contributed by atoms with Gasteiger partial charge in [-0.15, -0.1) is 11.3 Å². The van der Waals surface area contributed by atoms with E-state index in [1.54, 1.807) is 0 Å². The summed E-state index contributed by atoms with van der Waals surface area (Å²) < 4.78 is 2.74. The summed E-state index contributed by atoms with van der Waals surface area (Å²) in [6.45, 7) is 0. The number of hydrogen-bond acceptors (Lipinski definition) is 1. The summed E-state index contributed by atoms with van der Waals surface area (Å²) in [6, 6.07) is 49.5. The number of benzene rings is 8. The average Bonchev–Trinajstić information content (AvgIpc) is 3.39. The minimum Gasteiger partial charge on any atom is -0.135 e. The molecule has 0 saturated heterocycles. The van der Waals surface area contributed by atoms with Gasteiger partial charge in [0.1, 0.15) is 0 Å². The maximum absolute atomic E-state index is 2.38. The van der Waals surface area contributed by atoms with Crippen molar-refractivity contribution < 1.29 is 0 Å². The van der Waals surface area contributed by atoms with Gasteiger partial charge < -0.3 is 0 Å². The van der Waals surface area contributed by atoms with Crippen molar-refractivity contribution in [2.75, 3.05) is 0 Å². The van der Waals surface area contributed by atoms with E-state index >= 15 is 0 Å². The standard InChI is InChI=1S/C38H22S/c1-2-9-29-25(7-1)21-33(31-11-4-3-10-30(29)31)26-17-15-24-20-27(18-16-23(24)19-26)34-22-28-8-5-13-35-37(28)38-32(34)12-6-14-36(38)39-35/h1-22H. The van der Waals surface area contributed by atoms with Crippen LogP contribution in [0.3, 0.4) is 0 Å². The molecule has 8 aromatic carbocycles. The quantitative estimate of drug-likeness (QED) is 0.203. The van der Waals surface area contributed by atoms with Gasteiger partial charge in [0.05, 0.1) is 0 Å². The van der Waals surface area contributed by atoms with Crippen LogP contribution in [-0.2, 0) is 0 Å². The summed E-state index contributed by atoms with van der Waals surface area (Å²) in [6.07, 6.45) is 0. The lowest BCUT2D eigenvalue weighted by atomic mass is 9.90. The van der Waals surface area contributed by atoms with Crippen LogP contribution in [0.2, 0.25) is 0 Å². The van der Waals surface area contributed by atoms with Crippen LogP contribution in [0, 0.1) is 0 Å². The van der Waals surface area contributed by atoms with Crippen LogP contribution >= 0.6 is 11.3 Å². The first-order valence-corrected chi connectivity index (χ1v) is 14.2. The Labute approximate surface area is 229 Å². The van der Waals surface area contributed by atoms with Gasteiger partial charge in [-0.25, -0.2) is 0 Å². The number of hydrogen-bond donors (Lipinski definition) is 0. The molecule has 0 atom stereocenters. The van der Waals surface area contributed by atoms with Crippen LogP contribution in [0.15, 0.2) is 133 Å². The minimum absolute atomic E-state index is 1.26. The highest BCUT2D eigenvalue weighted by Gasteiger charge is 2.15. The van der Waals surface area contributed by atoms with Gasteiger partial charge in [0, 0.05) is 20.2 Å². The maximum atomic E-state index is 2.38. The topological polar surface area (TPSA) is 0 Å². The van der Waals surface area contributed by atoms with Crippen molar-refractivity contribution in [3.8, 4) is 22.3 Å². The predicted octanol–water partition coefficient (Wildman–Crippen LogP) is 11.4. The average molecular weight is 511 g/mol. The Hall–Kier alpha value is -4.72. The summed E-state index contributed by atoms with van der Waals surface area (Å²) in [4.78, 5) is 0. The molecule has 0 spiro atoms. The van der Waals surface area contributed by atoms with Crippen molar-refractivity contribution in [3.63, 3.8) is 0 Å². The smallest absolute Gasteiger partial charge is 0.0361 e. The highest BCUT2D eigenvalue weighted by molar-refractivity contribution is 7.26. The van der Waals surface area contributed by atoms with Crippen LogP contribution in [0.5, 0.6) is 0 Å². The lowest BCUT2D eigenvalue weighted by Crippen LogP contribution is -1.86. The Balaban J connectivity index is 1.24. The predicted molar refractivity (Wildman–Crippen MR) is 171 cm³/mol. The van der Waals surface area contributed by atoms with Gasteiger partial charge in [-0.05, 0) is 102 Å². The van der Waals surface area contributed by atoms with E-state index in [1.165, 1.54) is 85.5 Å². The third-order valence-corrected chi connectivity index (χ3v) is 9.50. The second-order valence-electron chi connectivity index (χ2n) is 10.5. The van der Waals surface area contributed by atoms with Gasteiger partial charge in [0.2, 0.25) is 0 Å². The molecule has 0 saturated carbocycles. The van der Waals surface area contributed by atoms with Gasteiger partial charge in [-0.3, -0.25) is 0 Å². The number of rotatable bonds is 2. The zero-order valence-electron chi connectivity index (χ0n) is 21.1. The van der Waals surface area contributed by atoms with Crippen molar-refractivity contribution in [1.82, 2.24) is 0 Å². The third kappa shape index (κ3) is 3.05. The van der Waals surface area contributed by atoms with E-state index in [-0.39, 0.29) is 0 Å². The van der Waals surface area contributed by atoms with Gasteiger partial charge in [0.25, 0.3) is 0 Å². The molecule has 0 amide bonds. The summed E-state index contributed by atoms with van der Waals surface area (Å²) in [5, 5.41) is 13.2. The lowest BCUT2D eigenvalue weighted by Gasteiger charge is -2.13. The monoisotopic (exact) mass is 510 g/mol. The van der Waals surface area contributed by atoms with E-state index in [4.69, 9.17) is 0 Å². The van der Waals surface area contributed by atoms with Crippen LogP contribution in [0.1, 0.15) is 0 Å². The first-order chi connectivity index (χ1) is 19.3. The molecule has 180 valence electrons. The Morgan fingerprint density at radius 1 is 0.333 bits per heavy atom. The van der Waals surface area contributed by atoms with Crippen LogP contribution in [0.4, 0.5) is 0 Å². The van der Waals surface area contributed by atoms with Gasteiger partial charge in [-0.2, -0.15) is 0 Å². The highest BCUT2D eigenvalue weighted by atomic mass is 32.1. The molecule has 39 heavy (non-hydrogen) atoms. The SMILES string of the molecule is c1ccc2c(c1)cc(-c1ccc3cc(-c4cc5cccc6sc7cccc4c7c56)ccc3c1)c1ccccc12. The van der Waals surface area contributed by atoms with E-state index in [0.717, 1.165) is 0 Å². The molecule has 0 nitrogen and oxygen atoms in total. The Morgan fingerprint density at radius 3 is 1.69 bits per heavy atom. The molecular weight excluding hydrogens is 488 g/mol. The van der Waals surface area contributed by atoms with Crippen molar-refractivity contribution in [3.05, 3.63) is 133 Å². The van der Waals surface area contributed by atoms with E-state index in [2.05, 4.69) is 133 Å². The molecule has 1 heterocycles. The summed E-state index contributed by atoms with van der Waals surface area (Å²) in [5.74, 6) is 0. The van der Waals surface area contributed by atoms with Crippen LogP contribution < -0.4 is 0 Å². The molecule has 1 aromatic heterocycles. The van der Waals surface area contributed by atoms with Crippen molar-refractivity contribution >= 4 is 74.6 Å². The fourth-order valence-corrected chi connectivity index (χ4v) is 7.75. The molecule has 9 rings (SSSR count). The Kier molecular flexibility index (Phi) is 4.30.